The van der Waals surface area contributed by atoms with Gasteiger partial charge in [-0.05, 0) is 12.5 Å². The molecule has 0 saturated carbocycles. The summed E-state index contributed by atoms with van der Waals surface area (Å²) in [5, 5.41) is 11.6. The van der Waals surface area contributed by atoms with Crippen LogP contribution in [0.5, 0.6) is 0 Å². The van der Waals surface area contributed by atoms with Gasteiger partial charge in [-0.15, -0.1) is 0 Å². The summed E-state index contributed by atoms with van der Waals surface area (Å²) in [5.41, 5.74) is -0.927. The van der Waals surface area contributed by atoms with Gasteiger partial charge in [0.25, 0.3) is 0 Å². The fraction of sp³-hybridized carbons (Fsp3) is 0.429. The third-order valence-electron chi connectivity index (χ3n) is 3.16. The summed E-state index contributed by atoms with van der Waals surface area (Å²) in [6.07, 6.45) is -6.35. The zero-order valence-corrected chi connectivity index (χ0v) is 11.4. The van der Waals surface area contributed by atoms with Crippen molar-refractivity contribution in [1.82, 2.24) is 5.32 Å². The molecule has 0 heterocycles. The van der Waals surface area contributed by atoms with Gasteiger partial charge in [-0.2, -0.15) is 13.2 Å². The van der Waals surface area contributed by atoms with Crippen LogP contribution in [0.2, 0.25) is 0 Å². The molecule has 1 aromatic carbocycles. The van der Waals surface area contributed by atoms with E-state index in [2.05, 4.69) is 5.32 Å². The van der Waals surface area contributed by atoms with Gasteiger partial charge in [-0.1, -0.05) is 30.3 Å². The molecule has 1 rings (SSSR count). The number of hydrogen-bond donors (Lipinski definition) is 2. The maximum absolute atomic E-state index is 12.0. The van der Waals surface area contributed by atoms with Crippen molar-refractivity contribution in [3.8, 4) is 0 Å². The normalized spacial score (nSPS) is 14.3. The van der Waals surface area contributed by atoms with Crippen LogP contribution in [0.25, 0.3) is 0 Å². The van der Waals surface area contributed by atoms with E-state index in [-0.39, 0.29) is 6.54 Å². The van der Waals surface area contributed by atoms with Crippen molar-refractivity contribution in [3.05, 3.63) is 35.9 Å². The Morgan fingerprint density at radius 3 is 2.24 bits per heavy atom. The molecule has 116 valence electrons. The fourth-order valence-electron chi connectivity index (χ4n) is 1.73. The van der Waals surface area contributed by atoms with Crippen LogP contribution in [0.15, 0.2) is 30.3 Å². The molecular formula is C14H16F3NO3. The van der Waals surface area contributed by atoms with Gasteiger partial charge in [0.15, 0.2) is 0 Å². The van der Waals surface area contributed by atoms with E-state index >= 15 is 0 Å². The first-order valence-corrected chi connectivity index (χ1v) is 6.27. The predicted molar refractivity (Wildman–Crippen MR) is 69.7 cm³/mol. The zero-order valence-electron chi connectivity index (χ0n) is 11.4. The summed E-state index contributed by atoms with van der Waals surface area (Å²) in [5.74, 6) is -1.99. The number of amides is 1. The van der Waals surface area contributed by atoms with Gasteiger partial charge >= 0.3 is 12.1 Å². The largest absolute Gasteiger partial charge is 0.481 e. The number of rotatable bonds is 6. The first-order valence-electron chi connectivity index (χ1n) is 6.27. The minimum atomic E-state index is -4.41. The molecule has 1 unspecified atom stereocenters. The molecule has 21 heavy (non-hydrogen) atoms. The maximum Gasteiger partial charge on any atom is 0.389 e. The van der Waals surface area contributed by atoms with Crippen LogP contribution in [0, 0.1) is 0 Å². The SMILES string of the molecule is CC(CNC(=O)CCC(F)(F)F)(C(=O)O)c1ccccc1. The van der Waals surface area contributed by atoms with E-state index in [0.717, 1.165) is 0 Å². The van der Waals surface area contributed by atoms with Crippen molar-refractivity contribution in [3.63, 3.8) is 0 Å². The second-order valence-corrected chi connectivity index (χ2v) is 4.90. The molecule has 0 spiro atoms. The average molecular weight is 303 g/mol. The number of carboxylic acid groups (broad SMARTS) is 1. The minimum absolute atomic E-state index is 0.275. The average Bonchev–Trinajstić information content (AvgIpc) is 2.42. The molecule has 0 radical (unpaired) electrons. The molecule has 0 saturated heterocycles. The van der Waals surface area contributed by atoms with Crippen molar-refractivity contribution >= 4 is 11.9 Å². The lowest BCUT2D eigenvalue weighted by atomic mass is 9.82. The number of carbonyl (C=O) groups is 2. The van der Waals surface area contributed by atoms with Crippen molar-refractivity contribution in [1.29, 1.82) is 0 Å². The van der Waals surface area contributed by atoms with Crippen LogP contribution in [0.4, 0.5) is 13.2 Å². The van der Waals surface area contributed by atoms with Crippen molar-refractivity contribution in [2.75, 3.05) is 6.54 Å². The quantitative estimate of drug-likeness (QED) is 0.848. The second-order valence-electron chi connectivity index (χ2n) is 4.90. The molecule has 0 aliphatic rings. The van der Waals surface area contributed by atoms with E-state index in [1.165, 1.54) is 6.92 Å². The Bertz CT molecular complexity index is 502. The van der Waals surface area contributed by atoms with Crippen LogP contribution in [-0.4, -0.2) is 29.7 Å². The van der Waals surface area contributed by atoms with E-state index in [9.17, 15) is 27.9 Å². The molecule has 0 aromatic heterocycles. The minimum Gasteiger partial charge on any atom is -0.481 e. The van der Waals surface area contributed by atoms with Gasteiger partial charge in [-0.25, -0.2) is 0 Å². The molecule has 1 aromatic rings. The number of carbonyl (C=O) groups excluding carboxylic acids is 1. The van der Waals surface area contributed by atoms with E-state index in [1.54, 1.807) is 30.3 Å². The lowest BCUT2D eigenvalue weighted by molar-refractivity contribution is -0.146. The van der Waals surface area contributed by atoms with Gasteiger partial charge in [-0.3, -0.25) is 9.59 Å². The van der Waals surface area contributed by atoms with E-state index < -0.39 is 36.3 Å². The van der Waals surface area contributed by atoms with Gasteiger partial charge in [0.05, 0.1) is 6.42 Å². The molecule has 1 atom stereocenters. The third kappa shape index (κ3) is 5.09. The topological polar surface area (TPSA) is 66.4 Å². The van der Waals surface area contributed by atoms with Gasteiger partial charge in [0.2, 0.25) is 5.91 Å². The first-order chi connectivity index (χ1) is 9.65. The number of halogens is 3. The maximum atomic E-state index is 12.0. The first kappa shape index (κ1) is 17.0. The Morgan fingerprint density at radius 2 is 1.76 bits per heavy atom. The highest BCUT2D eigenvalue weighted by atomic mass is 19.4. The summed E-state index contributed by atoms with van der Waals surface area (Å²) in [4.78, 5) is 22.8. The lowest BCUT2D eigenvalue weighted by Gasteiger charge is -2.25. The summed E-state index contributed by atoms with van der Waals surface area (Å²) in [7, 11) is 0. The summed E-state index contributed by atoms with van der Waals surface area (Å²) >= 11 is 0. The van der Waals surface area contributed by atoms with Crippen LogP contribution in [0.3, 0.4) is 0 Å². The van der Waals surface area contributed by atoms with Crippen molar-refractivity contribution in [2.45, 2.75) is 31.4 Å². The van der Waals surface area contributed by atoms with Gasteiger partial charge < -0.3 is 10.4 Å². The highest BCUT2D eigenvalue weighted by molar-refractivity contribution is 5.83. The Balaban J connectivity index is 2.69. The molecule has 7 heteroatoms. The molecule has 1 amide bonds. The number of hydrogen-bond acceptors (Lipinski definition) is 2. The van der Waals surface area contributed by atoms with Crippen molar-refractivity contribution in [2.24, 2.45) is 0 Å². The van der Waals surface area contributed by atoms with Gasteiger partial charge in [0.1, 0.15) is 5.41 Å². The number of aliphatic carboxylic acids is 1. The van der Waals surface area contributed by atoms with E-state index in [4.69, 9.17) is 0 Å². The van der Waals surface area contributed by atoms with Gasteiger partial charge in [0, 0.05) is 13.0 Å². The summed E-state index contributed by atoms with van der Waals surface area (Å²) in [6, 6.07) is 8.21. The number of benzene rings is 1. The number of alkyl halides is 3. The fourth-order valence-corrected chi connectivity index (χ4v) is 1.73. The molecule has 0 aliphatic carbocycles. The smallest absolute Gasteiger partial charge is 0.389 e. The second kappa shape index (κ2) is 6.60. The third-order valence-corrected chi connectivity index (χ3v) is 3.16. The highest BCUT2D eigenvalue weighted by Crippen LogP contribution is 2.24. The highest BCUT2D eigenvalue weighted by Gasteiger charge is 2.36. The van der Waals surface area contributed by atoms with Crippen LogP contribution < -0.4 is 5.32 Å². The zero-order chi connectivity index (χ0) is 16.1. The monoisotopic (exact) mass is 303 g/mol. The lowest BCUT2D eigenvalue weighted by Crippen LogP contribution is -2.44. The molecule has 0 aliphatic heterocycles. The Labute approximate surface area is 120 Å². The molecule has 0 fully saturated rings. The number of carboxylic acids is 1. The van der Waals surface area contributed by atoms with Crippen LogP contribution >= 0.6 is 0 Å². The Morgan fingerprint density at radius 1 is 1.19 bits per heavy atom. The Hall–Kier alpha value is -2.05. The van der Waals surface area contributed by atoms with E-state index in [1.807, 2.05) is 0 Å². The molecule has 4 nitrogen and oxygen atoms in total. The summed E-state index contributed by atoms with van der Waals surface area (Å²) in [6.45, 7) is 1.14. The number of nitrogens with one attached hydrogen (secondary N) is 1. The standard InChI is InChI=1S/C14H16F3NO3/c1-13(12(20)21,10-5-3-2-4-6-10)9-18-11(19)7-8-14(15,16)17/h2-6H,7-9H2,1H3,(H,18,19)(H,20,21). The molecular weight excluding hydrogens is 287 g/mol. The van der Waals surface area contributed by atoms with E-state index in [0.29, 0.717) is 5.56 Å². The molecule has 0 bridgehead atoms. The summed E-state index contributed by atoms with van der Waals surface area (Å²) < 4.78 is 36.0. The van der Waals surface area contributed by atoms with Crippen LogP contribution in [-0.2, 0) is 15.0 Å². The van der Waals surface area contributed by atoms with Crippen molar-refractivity contribution < 1.29 is 27.9 Å². The van der Waals surface area contributed by atoms with Crippen LogP contribution in [0.1, 0.15) is 25.3 Å². The molecule has 2 N–H and O–H groups in total. The predicted octanol–water partition coefficient (Wildman–Crippen LogP) is 2.49. The Kier molecular flexibility index (Phi) is 5.34.